The van der Waals surface area contributed by atoms with E-state index in [1.54, 1.807) is 43.7 Å². The lowest BCUT2D eigenvalue weighted by atomic mass is 10.1. The summed E-state index contributed by atoms with van der Waals surface area (Å²) in [6, 6.07) is 5.20. The van der Waals surface area contributed by atoms with E-state index in [9.17, 15) is 9.59 Å². The smallest absolute Gasteiger partial charge is 0.341 e. The molecule has 0 saturated carbocycles. The fraction of sp³-hybridized carbons (Fsp3) is 0.154. The Kier molecular flexibility index (Phi) is 3.23. The molecule has 2 aromatic rings. The van der Waals surface area contributed by atoms with Crippen molar-refractivity contribution in [1.82, 2.24) is 9.55 Å². The van der Waals surface area contributed by atoms with Crippen molar-refractivity contribution in [2.75, 3.05) is 0 Å². The van der Waals surface area contributed by atoms with E-state index in [1.165, 1.54) is 4.57 Å². The van der Waals surface area contributed by atoms with Gasteiger partial charge in [-0.15, -0.1) is 0 Å². The predicted molar refractivity (Wildman–Crippen MR) is 65.7 cm³/mol. The van der Waals surface area contributed by atoms with Gasteiger partial charge in [-0.2, -0.15) is 0 Å². The molecule has 0 aliphatic rings. The molecule has 2 rings (SSSR count). The standard InChI is InChI=1S/C13H12N2O3/c1-9-4-7-15(12(16)11(9)13(17)18)8-10-2-5-14-6-3-10/h2-7H,8H2,1H3,(H,17,18). The van der Waals surface area contributed by atoms with Gasteiger partial charge >= 0.3 is 5.97 Å². The zero-order chi connectivity index (χ0) is 13.1. The van der Waals surface area contributed by atoms with Crippen LogP contribution in [0, 0.1) is 6.92 Å². The number of hydrogen-bond acceptors (Lipinski definition) is 3. The second kappa shape index (κ2) is 4.83. The largest absolute Gasteiger partial charge is 0.477 e. The average Bonchev–Trinajstić information content (AvgIpc) is 2.34. The van der Waals surface area contributed by atoms with Crippen LogP contribution >= 0.6 is 0 Å². The Hall–Kier alpha value is -2.43. The number of carboxylic acid groups (broad SMARTS) is 1. The van der Waals surface area contributed by atoms with Gasteiger partial charge in [-0.25, -0.2) is 4.79 Å². The van der Waals surface area contributed by atoms with Gasteiger partial charge in [-0.1, -0.05) is 0 Å². The molecule has 2 heterocycles. The van der Waals surface area contributed by atoms with Crippen molar-refractivity contribution in [3.8, 4) is 0 Å². The Morgan fingerprint density at radius 1 is 1.33 bits per heavy atom. The van der Waals surface area contributed by atoms with E-state index < -0.39 is 11.5 Å². The van der Waals surface area contributed by atoms with Crippen LogP contribution in [-0.2, 0) is 6.54 Å². The van der Waals surface area contributed by atoms with Gasteiger partial charge < -0.3 is 9.67 Å². The van der Waals surface area contributed by atoms with E-state index >= 15 is 0 Å². The van der Waals surface area contributed by atoms with Crippen LogP contribution in [0.15, 0.2) is 41.6 Å². The summed E-state index contributed by atoms with van der Waals surface area (Å²) in [5.74, 6) is -1.19. The van der Waals surface area contributed by atoms with Crippen molar-refractivity contribution in [1.29, 1.82) is 0 Å². The number of hydrogen-bond donors (Lipinski definition) is 1. The van der Waals surface area contributed by atoms with Crippen LogP contribution in [0.1, 0.15) is 21.5 Å². The molecule has 0 bridgehead atoms. The number of aromatic nitrogens is 2. The first-order chi connectivity index (χ1) is 8.59. The molecule has 5 nitrogen and oxygen atoms in total. The first-order valence-corrected chi connectivity index (χ1v) is 5.42. The number of aryl methyl sites for hydroxylation is 1. The molecule has 18 heavy (non-hydrogen) atoms. The highest BCUT2D eigenvalue weighted by molar-refractivity contribution is 5.88. The summed E-state index contributed by atoms with van der Waals surface area (Å²) in [5, 5.41) is 9.01. The summed E-state index contributed by atoms with van der Waals surface area (Å²) >= 11 is 0. The fourth-order valence-electron chi connectivity index (χ4n) is 1.73. The van der Waals surface area contributed by atoms with Crippen LogP contribution in [0.5, 0.6) is 0 Å². The molecule has 0 aliphatic heterocycles. The second-order valence-electron chi connectivity index (χ2n) is 3.97. The summed E-state index contributed by atoms with van der Waals surface area (Å²) in [7, 11) is 0. The van der Waals surface area contributed by atoms with Crippen LogP contribution in [0.2, 0.25) is 0 Å². The lowest BCUT2D eigenvalue weighted by Crippen LogP contribution is -2.27. The van der Waals surface area contributed by atoms with Crippen molar-refractivity contribution in [2.45, 2.75) is 13.5 Å². The molecule has 0 spiro atoms. The maximum absolute atomic E-state index is 12.0. The minimum absolute atomic E-state index is 0.174. The summed E-state index contributed by atoms with van der Waals surface area (Å²) in [4.78, 5) is 26.9. The third-order valence-corrected chi connectivity index (χ3v) is 2.69. The quantitative estimate of drug-likeness (QED) is 0.883. The van der Waals surface area contributed by atoms with E-state index in [0.717, 1.165) is 5.56 Å². The molecule has 2 aromatic heterocycles. The van der Waals surface area contributed by atoms with E-state index in [0.29, 0.717) is 12.1 Å². The molecule has 0 radical (unpaired) electrons. The molecule has 0 atom stereocenters. The Balaban J connectivity index is 2.45. The van der Waals surface area contributed by atoms with Gasteiger partial charge in [0.15, 0.2) is 0 Å². The maximum atomic E-state index is 12.0. The zero-order valence-electron chi connectivity index (χ0n) is 9.83. The SMILES string of the molecule is Cc1ccn(Cc2ccncc2)c(=O)c1C(=O)O. The minimum atomic E-state index is -1.19. The van der Waals surface area contributed by atoms with E-state index in [1.807, 2.05) is 0 Å². The molecule has 0 unspecified atom stereocenters. The zero-order valence-corrected chi connectivity index (χ0v) is 9.83. The van der Waals surface area contributed by atoms with Gasteiger partial charge in [0, 0.05) is 18.6 Å². The van der Waals surface area contributed by atoms with Gasteiger partial charge in [0.2, 0.25) is 0 Å². The molecule has 0 aliphatic carbocycles. The summed E-state index contributed by atoms with van der Waals surface area (Å²) in [5.41, 5.74) is 0.705. The third kappa shape index (κ3) is 2.29. The molecular weight excluding hydrogens is 232 g/mol. The fourth-order valence-corrected chi connectivity index (χ4v) is 1.73. The van der Waals surface area contributed by atoms with Crippen LogP contribution in [0.25, 0.3) is 0 Å². The van der Waals surface area contributed by atoms with Crippen molar-refractivity contribution in [3.63, 3.8) is 0 Å². The molecule has 92 valence electrons. The van der Waals surface area contributed by atoms with Gasteiger partial charge in [-0.05, 0) is 36.2 Å². The van der Waals surface area contributed by atoms with Crippen molar-refractivity contribution >= 4 is 5.97 Å². The van der Waals surface area contributed by atoms with Gasteiger partial charge in [-0.3, -0.25) is 9.78 Å². The van der Waals surface area contributed by atoms with E-state index in [-0.39, 0.29) is 5.56 Å². The molecule has 0 saturated heterocycles. The van der Waals surface area contributed by atoms with Crippen molar-refractivity contribution in [2.24, 2.45) is 0 Å². The van der Waals surface area contributed by atoms with Crippen molar-refractivity contribution < 1.29 is 9.90 Å². The summed E-state index contributed by atoms with van der Waals surface area (Å²) in [6.07, 6.45) is 4.86. The number of pyridine rings is 2. The highest BCUT2D eigenvalue weighted by Crippen LogP contribution is 2.04. The van der Waals surface area contributed by atoms with Gasteiger partial charge in [0.05, 0.1) is 6.54 Å². The van der Waals surface area contributed by atoms with Gasteiger partial charge in [0.1, 0.15) is 5.56 Å². The number of nitrogens with zero attached hydrogens (tertiary/aromatic N) is 2. The molecule has 0 aromatic carbocycles. The predicted octanol–water partition coefficient (Wildman–Crippen LogP) is 1.30. The number of aromatic carboxylic acids is 1. The minimum Gasteiger partial charge on any atom is -0.477 e. The monoisotopic (exact) mass is 244 g/mol. The Labute approximate surface area is 103 Å². The van der Waals surface area contributed by atoms with E-state index in [4.69, 9.17) is 5.11 Å². The Morgan fingerprint density at radius 3 is 2.61 bits per heavy atom. The molecule has 0 fully saturated rings. The summed E-state index contributed by atoms with van der Waals surface area (Å²) < 4.78 is 1.38. The number of carbonyl (C=O) groups is 1. The van der Waals surface area contributed by atoms with Crippen LogP contribution < -0.4 is 5.56 Å². The molecule has 0 amide bonds. The first kappa shape index (κ1) is 12.0. The average molecular weight is 244 g/mol. The highest BCUT2D eigenvalue weighted by atomic mass is 16.4. The molecule has 1 N–H and O–H groups in total. The number of carboxylic acids is 1. The molecular formula is C13H12N2O3. The lowest BCUT2D eigenvalue weighted by molar-refractivity contribution is 0.0693. The molecule has 5 heteroatoms. The van der Waals surface area contributed by atoms with Crippen LogP contribution in [-0.4, -0.2) is 20.6 Å². The van der Waals surface area contributed by atoms with Gasteiger partial charge in [0.25, 0.3) is 5.56 Å². The topological polar surface area (TPSA) is 72.2 Å². The first-order valence-electron chi connectivity index (χ1n) is 5.42. The normalized spacial score (nSPS) is 10.3. The maximum Gasteiger partial charge on any atom is 0.341 e. The second-order valence-corrected chi connectivity index (χ2v) is 3.97. The van der Waals surface area contributed by atoms with E-state index in [2.05, 4.69) is 4.98 Å². The Morgan fingerprint density at radius 2 is 2.00 bits per heavy atom. The van der Waals surface area contributed by atoms with Crippen molar-refractivity contribution in [3.05, 3.63) is 63.8 Å². The highest BCUT2D eigenvalue weighted by Gasteiger charge is 2.14. The van der Waals surface area contributed by atoms with Crippen LogP contribution in [0.3, 0.4) is 0 Å². The lowest BCUT2D eigenvalue weighted by Gasteiger charge is -2.08. The Bertz CT molecular complexity index is 632. The third-order valence-electron chi connectivity index (χ3n) is 2.69. The summed E-state index contributed by atoms with van der Waals surface area (Å²) in [6.45, 7) is 1.95. The number of rotatable bonds is 3. The van der Waals surface area contributed by atoms with Crippen LogP contribution in [0.4, 0.5) is 0 Å².